The summed E-state index contributed by atoms with van der Waals surface area (Å²) in [6, 6.07) is 0. The van der Waals surface area contributed by atoms with Crippen LogP contribution in [0.15, 0.2) is 25.0 Å². The van der Waals surface area contributed by atoms with Crippen molar-refractivity contribution in [2.45, 2.75) is 26.3 Å². The van der Waals surface area contributed by atoms with Gasteiger partial charge in [-0.15, -0.1) is 0 Å². The third-order valence-corrected chi connectivity index (χ3v) is 1.83. The molecule has 1 heterocycles. The zero-order valence-corrected chi connectivity index (χ0v) is 7.86. The molecule has 0 aliphatic rings. The SMILES string of the molecule is C=CC(=O)Cc1nccn1CCC. The van der Waals surface area contributed by atoms with E-state index in [4.69, 9.17) is 0 Å². The summed E-state index contributed by atoms with van der Waals surface area (Å²) >= 11 is 0. The molecule has 0 fully saturated rings. The van der Waals surface area contributed by atoms with Crippen molar-refractivity contribution in [1.82, 2.24) is 9.55 Å². The largest absolute Gasteiger partial charge is 0.335 e. The number of aromatic nitrogens is 2. The standard InChI is InChI=1S/C10H14N2O/c1-3-6-12-7-5-11-10(12)8-9(13)4-2/h4-5,7H,2-3,6,8H2,1H3. The molecule has 0 saturated heterocycles. The molecule has 70 valence electrons. The highest BCUT2D eigenvalue weighted by Crippen LogP contribution is 2.01. The smallest absolute Gasteiger partial charge is 0.162 e. The second-order valence-electron chi connectivity index (χ2n) is 2.88. The number of carbonyl (C=O) groups excluding carboxylic acids is 1. The van der Waals surface area contributed by atoms with Crippen molar-refractivity contribution in [1.29, 1.82) is 0 Å². The van der Waals surface area contributed by atoms with Gasteiger partial charge in [-0.25, -0.2) is 4.98 Å². The minimum Gasteiger partial charge on any atom is -0.335 e. The summed E-state index contributed by atoms with van der Waals surface area (Å²) in [6.07, 6.45) is 6.36. The lowest BCUT2D eigenvalue weighted by Crippen LogP contribution is -2.07. The van der Waals surface area contributed by atoms with Crippen molar-refractivity contribution in [2.24, 2.45) is 0 Å². The first-order valence-electron chi connectivity index (χ1n) is 4.43. The zero-order chi connectivity index (χ0) is 9.68. The lowest BCUT2D eigenvalue weighted by atomic mass is 10.2. The Morgan fingerprint density at radius 1 is 1.77 bits per heavy atom. The maximum Gasteiger partial charge on any atom is 0.162 e. The monoisotopic (exact) mass is 178 g/mol. The van der Waals surface area contributed by atoms with E-state index in [0.717, 1.165) is 18.8 Å². The topological polar surface area (TPSA) is 34.9 Å². The molecule has 0 saturated carbocycles. The molecule has 3 heteroatoms. The van der Waals surface area contributed by atoms with Gasteiger partial charge in [-0.3, -0.25) is 4.79 Å². The molecule has 0 radical (unpaired) electrons. The Bertz CT molecular complexity index is 302. The predicted octanol–water partition coefficient (Wildman–Crippen LogP) is 1.59. The van der Waals surface area contributed by atoms with E-state index in [1.807, 2.05) is 10.8 Å². The van der Waals surface area contributed by atoms with Crippen molar-refractivity contribution in [2.75, 3.05) is 0 Å². The molecule has 0 aliphatic heterocycles. The van der Waals surface area contributed by atoms with Crippen LogP contribution in [0.4, 0.5) is 0 Å². The molecular weight excluding hydrogens is 164 g/mol. The molecule has 3 nitrogen and oxygen atoms in total. The van der Waals surface area contributed by atoms with Crippen LogP contribution in [0, 0.1) is 0 Å². The average molecular weight is 178 g/mol. The minimum atomic E-state index is 0.0172. The Hall–Kier alpha value is -1.38. The molecule has 0 unspecified atom stereocenters. The fraction of sp³-hybridized carbons (Fsp3) is 0.400. The van der Waals surface area contributed by atoms with E-state index in [1.165, 1.54) is 6.08 Å². The highest BCUT2D eigenvalue weighted by atomic mass is 16.1. The third kappa shape index (κ3) is 2.54. The maximum atomic E-state index is 11.1. The minimum absolute atomic E-state index is 0.0172. The van der Waals surface area contributed by atoms with Crippen LogP contribution in [-0.4, -0.2) is 15.3 Å². The second kappa shape index (κ2) is 4.60. The summed E-state index contributed by atoms with van der Waals surface area (Å²) in [5.74, 6) is 0.843. The maximum absolute atomic E-state index is 11.1. The molecule has 0 atom stereocenters. The predicted molar refractivity (Wildman–Crippen MR) is 51.4 cm³/mol. The molecule has 1 aromatic rings. The first-order valence-corrected chi connectivity index (χ1v) is 4.43. The molecule has 0 amide bonds. The molecule has 0 aliphatic carbocycles. The average Bonchev–Trinajstić information content (AvgIpc) is 2.54. The fourth-order valence-electron chi connectivity index (χ4n) is 1.18. The van der Waals surface area contributed by atoms with E-state index in [9.17, 15) is 4.79 Å². The van der Waals surface area contributed by atoms with Gasteiger partial charge >= 0.3 is 0 Å². The van der Waals surface area contributed by atoms with Crippen LogP contribution in [-0.2, 0) is 17.8 Å². The van der Waals surface area contributed by atoms with E-state index in [0.29, 0.717) is 6.42 Å². The first-order chi connectivity index (χ1) is 6.27. The third-order valence-electron chi connectivity index (χ3n) is 1.83. The van der Waals surface area contributed by atoms with Gasteiger partial charge in [-0.1, -0.05) is 13.5 Å². The quantitative estimate of drug-likeness (QED) is 0.642. The number of nitrogens with zero attached hydrogens (tertiary/aromatic N) is 2. The Balaban J connectivity index is 2.69. The Kier molecular flexibility index (Phi) is 3.43. The van der Waals surface area contributed by atoms with Crippen molar-refractivity contribution < 1.29 is 4.79 Å². The van der Waals surface area contributed by atoms with Gasteiger partial charge in [0.05, 0.1) is 6.42 Å². The van der Waals surface area contributed by atoms with Gasteiger partial charge in [0, 0.05) is 18.9 Å². The summed E-state index contributed by atoms with van der Waals surface area (Å²) in [4.78, 5) is 15.2. The van der Waals surface area contributed by atoms with E-state index in [1.54, 1.807) is 6.20 Å². The number of aryl methyl sites for hydroxylation is 1. The van der Waals surface area contributed by atoms with Gasteiger partial charge in [0.25, 0.3) is 0 Å². The van der Waals surface area contributed by atoms with Crippen molar-refractivity contribution in [3.8, 4) is 0 Å². The molecule has 13 heavy (non-hydrogen) atoms. The second-order valence-corrected chi connectivity index (χ2v) is 2.88. The van der Waals surface area contributed by atoms with Crippen molar-refractivity contribution in [3.05, 3.63) is 30.9 Å². The van der Waals surface area contributed by atoms with Crippen LogP contribution in [0.1, 0.15) is 19.2 Å². The molecule has 0 N–H and O–H groups in total. The van der Waals surface area contributed by atoms with Crippen LogP contribution in [0.3, 0.4) is 0 Å². The van der Waals surface area contributed by atoms with Gasteiger partial charge < -0.3 is 4.57 Å². The summed E-state index contributed by atoms with van der Waals surface area (Å²) < 4.78 is 2.00. The lowest BCUT2D eigenvalue weighted by Gasteiger charge is -2.03. The van der Waals surface area contributed by atoms with Gasteiger partial charge in [-0.2, -0.15) is 0 Å². The van der Waals surface area contributed by atoms with Crippen LogP contribution >= 0.6 is 0 Å². The number of imidazole rings is 1. The van der Waals surface area contributed by atoms with E-state index in [2.05, 4.69) is 18.5 Å². The summed E-state index contributed by atoms with van der Waals surface area (Å²) in [7, 11) is 0. The zero-order valence-electron chi connectivity index (χ0n) is 7.86. The number of ketones is 1. The van der Waals surface area contributed by atoms with Crippen LogP contribution in [0.5, 0.6) is 0 Å². The summed E-state index contributed by atoms with van der Waals surface area (Å²) in [5.41, 5.74) is 0. The molecule has 0 aromatic carbocycles. The Morgan fingerprint density at radius 3 is 3.15 bits per heavy atom. The van der Waals surface area contributed by atoms with Crippen LogP contribution in [0.2, 0.25) is 0 Å². The van der Waals surface area contributed by atoms with Gasteiger partial charge in [0.2, 0.25) is 0 Å². The molecule has 0 spiro atoms. The highest BCUT2D eigenvalue weighted by Gasteiger charge is 2.04. The molecule has 1 rings (SSSR count). The number of rotatable bonds is 5. The van der Waals surface area contributed by atoms with Crippen LogP contribution in [0.25, 0.3) is 0 Å². The first kappa shape index (κ1) is 9.71. The van der Waals surface area contributed by atoms with Crippen molar-refractivity contribution in [3.63, 3.8) is 0 Å². The molecule has 0 bridgehead atoms. The Labute approximate surface area is 78.1 Å². The number of hydrogen-bond acceptors (Lipinski definition) is 2. The summed E-state index contributed by atoms with van der Waals surface area (Å²) in [6.45, 7) is 6.44. The number of hydrogen-bond donors (Lipinski definition) is 0. The van der Waals surface area contributed by atoms with E-state index >= 15 is 0 Å². The van der Waals surface area contributed by atoms with Crippen LogP contribution < -0.4 is 0 Å². The number of allylic oxidation sites excluding steroid dienone is 1. The van der Waals surface area contributed by atoms with Gasteiger partial charge in [-0.05, 0) is 12.5 Å². The van der Waals surface area contributed by atoms with Gasteiger partial charge in [0.15, 0.2) is 5.78 Å². The lowest BCUT2D eigenvalue weighted by molar-refractivity contribution is -0.114. The summed E-state index contributed by atoms with van der Waals surface area (Å²) in [5, 5.41) is 0. The van der Waals surface area contributed by atoms with Gasteiger partial charge in [0.1, 0.15) is 5.82 Å². The fourth-order valence-corrected chi connectivity index (χ4v) is 1.18. The van der Waals surface area contributed by atoms with E-state index in [-0.39, 0.29) is 5.78 Å². The van der Waals surface area contributed by atoms with E-state index < -0.39 is 0 Å². The molecular formula is C10H14N2O. The van der Waals surface area contributed by atoms with Crippen molar-refractivity contribution >= 4 is 5.78 Å². The highest BCUT2D eigenvalue weighted by molar-refractivity contribution is 5.90. The molecule has 1 aromatic heterocycles. The number of carbonyl (C=O) groups is 1. The normalized spacial score (nSPS) is 9.92. The Morgan fingerprint density at radius 2 is 2.54 bits per heavy atom.